The number of nitrogens with one attached hydrogen (secondary N) is 1. The topological polar surface area (TPSA) is 66.4 Å². The van der Waals surface area contributed by atoms with Gasteiger partial charge in [-0.15, -0.1) is 0 Å². The van der Waals surface area contributed by atoms with E-state index in [1.807, 2.05) is 42.5 Å². The molecule has 0 heterocycles. The second-order valence-corrected chi connectivity index (χ2v) is 6.46. The van der Waals surface area contributed by atoms with Gasteiger partial charge in [0.25, 0.3) is 0 Å². The average Bonchev–Trinajstić information content (AvgIpc) is 2.45. The average molecular weight is 291 g/mol. The van der Waals surface area contributed by atoms with Crippen LogP contribution in [0.25, 0.3) is 11.1 Å². The third-order valence-electron chi connectivity index (χ3n) is 2.94. The number of aliphatic hydroxyl groups excluding tert-OH is 1. The van der Waals surface area contributed by atoms with Gasteiger partial charge in [0.2, 0.25) is 10.0 Å². The van der Waals surface area contributed by atoms with Gasteiger partial charge < -0.3 is 5.11 Å². The van der Waals surface area contributed by atoms with Crippen LogP contribution in [0.5, 0.6) is 0 Å². The maximum atomic E-state index is 11.0. The van der Waals surface area contributed by atoms with E-state index >= 15 is 0 Å². The molecule has 0 saturated carbocycles. The molecule has 0 aliphatic rings. The van der Waals surface area contributed by atoms with Crippen molar-refractivity contribution in [2.24, 2.45) is 0 Å². The van der Waals surface area contributed by atoms with E-state index in [4.69, 9.17) is 0 Å². The molecule has 0 fully saturated rings. The van der Waals surface area contributed by atoms with Crippen LogP contribution in [-0.4, -0.2) is 26.3 Å². The Morgan fingerprint density at radius 2 is 1.55 bits per heavy atom. The molecule has 4 nitrogen and oxygen atoms in total. The minimum absolute atomic E-state index is 0.0243. The highest BCUT2D eigenvalue weighted by Crippen LogP contribution is 2.21. The molecule has 2 rings (SSSR count). The molecule has 0 aliphatic carbocycles. The lowest BCUT2D eigenvalue weighted by molar-refractivity contribution is 0.182. The summed E-state index contributed by atoms with van der Waals surface area (Å²) in [5.74, 6) is 0. The maximum absolute atomic E-state index is 11.0. The fourth-order valence-electron chi connectivity index (χ4n) is 1.88. The van der Waals surface area contributed by atoms with Crippen molar-refractivity contribution >= 4 is 10.0 Å². The molecule has 0 aromatic heterocycles. The van der Waals surface area contributed by atoms with Crippen molar-refractivity contribution < 1.29 is 13.5 Å². The van der Waals surface area contributed by atoms with Gasteiger partial charge >= 0.3 is 0 Å². The summed E-state index contributed by atoms with van der Waals surface area (Å²) in [6.45, 7) is -0.0243. The lowest BCUT2D eigenvalue weighted by Gasteiger charge is -2.12. The third-order valence-corrected chi connectivity index (χ3v) is 3.63. The number of benzene rings is 2. The van der Waals surface area contributed by atoms with Crippen LogP contribution in [0.2, 0.25) is 0 Å². The number of rotatable bonds is 5. The summed E-state index contributed by atoms with van der Waals surface area (Å²) in [6.07, 6.45) is 0.215. The van der Waals surface area contributed by atoms with Crippen molar-refractivity contribution in [1.29, 1.82) is 0 Å². The van der Waals surface area contributed by atoms with Gasteiger partial charge in [-0.2, -0.15) is 0 Å². The molecule has 0 amide bonds. The highest BCUT2D eigenvalue weighted by molar-refractivity contribution is 7.88. The highest BCUT2D eigenvalue weighted by Gasteiger charge is 2.10. The minimum atomic E-state index is -3.29. The van der Waals surface area contributed by atoms with Crippen LogP contribution in [0.15, 0.2) is 54.6 Å². The fraction of sp³-hybridized carbons (Fsp3) is 0.200. The van der Waals surface area contributed by atoms with Crippen LogP contribution in [0.1, 0.15) is 11.7 Å². The largest absolute Gasteiger partial charge is 0.387 e. The second-order valence-electron chi connectivity index (χ2n) is 4.62. The lowest BCUT2D eigenvalue weighted by atomic mass is 10.0. The molecule has 0 radical (unpaired) electrons. The maximum Gasteiger partial charge on any atom is 0.208 e. The second kappa shape index (κ2) is 6.17. The first-order valence-corrected chi connectivity index (χ1v) is 8.13. The van der Waals surface area contributed by atoms with Gasteiger partial charge in [0.15, 0.2) is 0 Å². The molecule has 5 heteroatoms. The predicted molar refractivity (Wildman–Crippen MR) is 79.7 cm³/mol. The quantitative estimate of drug-likeness (QED) is 0.884. The Morgan fingerprint density at radius 3 is 2.10 bits per heavy atom. The van der Waals surface area contributed by atoms with E-state index in [-0.39, 0.29) is 6.54 Å². The molecule has 106 valence electrons. The smallest absolute Gasteiger partial charge is 0.208 e. The molecule has 2 aromatic rings. The zero-order valence-corrected chi connectivity index (χ0v) is 12.0. The number of sulfonamides is 1. The van der Waals surface area contributed by atoms with Crippen LogP contribution in [-0.2, 0) is 10.0 Å². The summed E-state index contributed by atoms with van der Waals surface area (Å²) in [4.78, 5) is 0. The van der Waals surface area contributed by atoms with E-state index in [9.17, 15) is 13.5 Å². The van der Waals surface area contributed by atoms with Gasteiger partial charge in [-0.1, -0.05) is 54.6 Å². The molecular formula is C15H17NO3S. The molecule has 2 aromatic carbocycles. The summed E-state index contributed by atoms with van der Waals surface area (Å²) in [7, 11) is -3.29. The predicted octanol–water partition coefficient (Wildman–Crippen LogP) is 1.94. The van der Waals surface area contributed by atoms with E-state index in [0.29, 0.717) is 5.56 Å². The molecule has 0 spiro atoms. The van der Waals surface area contributed by atoms with Crippen molar-refractivity contribution in [1.82, 2.24) is 4.72 Å². The minimum Gasteiger partial charge on any atom is -0.387 e. The summed E-state index contributed by atoms with van der Waals surface area (Å²) in [6, 6.07) is 17.3. The summed E-state index contributed by atoms with van der Waals surface area (Å²) >= 11 is 0. The molecule has 20 heavy (non-hydrogen) atoms. The van der Waals surface area contributed by atoms with E-state index in [1.54, 1.807) is 12.1 Å². The van der Waals surface area contributed by atoms with Crippen molar-refractivity contribution in [3.63, 3.8) is 0 Å². The molecule has 1 unspecified atom stereocenters. The van der Waals surface area contributed by atoms with Crippen molar-refractivity contribution in [2.45, 2.75) is 6.10 Å². The Morgan fingerprint density at radius 1 is 1.00 bits per heavy atom. The Labute approximate surface area is 119 Å². The standard InChI is InChI=1S/C15H17NO3S/c1-20(18,19)16-11-15(17)14-9-7-13(8-10-14)12-5-3-2-4-6-12/h2-10,15-17H,11H2,1H3. The Bertz CT molecular complexity index is 651. The molecule has 0 saturated heterocycles. The highest BCUT2D eigenvalue weighted by atomic mass is 32.2. The van der Waals surface area contributed by atoms with E-state index in [2.05, 4.69) is 4.72 Å². The third kappa shape index (κ3) is 4.16. The summed E-state index contributed by atoms with van der Waals surface area (Å²) in [5, 5.41) is 9.92. The van der Waals surface area contributed by atoms with Gasteiger partial charge in [0, 0.05) is 6.54 Å². The Balaban J connectivity index is 2.08. The van der Waals surface area contributed by atoms with E-state index in [1.165, 1.54) is 0 Å². The van der Waals surface area contributed by atoms with Crippen molar-refractivity contribution in [3.05, 3.63) is 60.2 Å². The summed E-state index contributed by atoms with van der Waals surface area (Å²) in [5.41, 5.74) is 2.83. The van der Waals surface area contributed by atoms with Gasteiger partial charge in [0.05, 0.1) is 12.4 Å². The van der Waals surface area contributed by atoms with Gasteiger partial charge in [0.1, 0.15) is 0 Å². The zero-order chi connectivity index (χ0) is 14.6. The monoisotopic (exact) mass is 291 g/mol. The van der Waals surface area contributed by atoms with Crippen LogP contribution >= 0.6 is 0 Å². The zero-order valence-electron chi connectivity index (χ0n) is 11.2. The first-order chi connectivity index (χ1) is 9.46. The van der Waals surface area contributed by atoms with Crippen LogP contribution < -0.4 is 4.72 Å². The Hall–Kier alpha value is -1.69. The molecule has 0 aliphatic heterocycles. The van der Waals surface area contributed by atoms with Gasteiger partial charge in [-0.25, -0.2) is 13.1 Å². The van der Waals surface area contributed by atoms with E-state index < -0.39 is 16.1 Å². The molecule has 1 atom stereocenters. The van der Waals surface area contributed by atoms with Crippen LogP contribution in [0.3, 0.4) is 0 Å². The number of aliphatic hydroxyl groups is 1. The Kier molecular flexibility index (Phi) is 4.54. The van der Waals surface area contributed by atoms with Crippen molar-refractivity contribution in [3.8, 4) is 11.1 Å². The molecule has 0 bridgehead atoms. The molecule has 2 N–H and O–H groups in total. The first-order valence-electron chi connectivity index (χ1n) is 6.24. The molecular weight excluding hydrogens is 274 g/mol. The van der Waals surface area contributed by atoms with Gasteiger partial charge in [-0.05, 0) is 16.7 Å². The van der Waals surface area contributed by atoms with Crippen LogP contribution in [0, 0.1) is 0 Å². The first kappa shape index (κ1) is 14.7. The fourth-order valence-corrected chi connectivity index (χ4v) is 2.34. The lowest BCUT2D eigenvalue weighted by Crippen LogP contribution is -2.27. The van der Waals surface area contributed by atoms with Crippen LogP contribution in [0.4, 0.5) is 0 Å². The van der Waals surface area contributed by atoms with E-state index in [0.717, 1.165) is 17.4 Å². The number of hydrogen-bond acceptors (Lipinski definition) is 3. The normalized spacial score (nSPS) is 13.1. The SMILES string of the molecule is CS(=O)(=O)NCC(O)c1ccc(-c2ccccc2)cc1. The van der Waals surface area contributed by atoms with Gasteiger partial charge in [-0.3, -0.25) is 0 Å². The number of hydrogen-bond donors (Lipinski definition) is 2. The summed E-state index contributed by atoms with van der Waals surface area (Å²) < 4.78 is 24.3. The van der Waals surface area contributed by atoms with Crippen molar-refractivity contribution in [2.75, 3.05) is 12.8 Å².